The minimum Gasteiger partial charge on any atom is -0.494 e. The first-order valence-corrected chi connectivity index (χ1v) is 6.08. The Bertz CT molecular complexity index is 446. The van der Waals surface area contributed by atoms with Crippen LogP contribution in [0.3, 0.4) is 0 Å². The molecule has 6 nitrogen and oxygen atoms in total. The molecular formula is C14H17NO5. The molecule has 1 aromatic carbocycles. The van der Waals surface area contributed by atoms with Gasteiger partial charge in [0.05, 0.1) is 6.61 Å². The molecule has 6 heteroatoms. The van der Waals surface area contributed by atoms with Crippen molar-refractivity contribution in [1.82, 2.24) is 5.32 Å². The second-order valence-electron chi connectivity index (χ2n) is 3.87. The molecule has 0 unspecified atom stereocenters. The summed E-state index contributed by atoms with van der Waals surface area (Å²) >= 11 is 0. The molecule has 0 radical (unpaired) electrons. The maximum absolute atomic E-state index is 11.3. The molecule has 0 heterocycles. The average Bonchev–Trinajstić information content (AvgIpc) is 2.45. The smallest absolute Gasteiger partial charge is 0.408 e. The summed E-state index contributed by atoms with van der Waals surface area (Å²) in [6.45, 7) is 3.58. The summed E-state index contributed by atoms with van der Waals surface area (Å²) in [6, 6.07) is 7.95. The predicted octanol–water partition coefficient (Wildman–Crippen LogP) is 1.82. The Balaban J connectivity index is 2.37. The SMILES string of the molecule is C=CCOC(=O)N[C@@H](CCOc1ccccc1)C(=O)O. The summed E-state index contributed by atoms with van der Waals surface area (Å²) in [7, 11) is 0. The third-order valence-electron chi connectivity index (χ3n) is 2.34. The fourth-order valence-electron chi connectivity index (χ4n) is 1.39. The first kappa shape index (κ1) is 15.6. The number of ether oxygens (including phenoxy) is 2. The Kier molecular flexibility index (Phi) is 6.67. The number of carbonyl (C=O) groups is 2. The van der Waals surface area contributed by atoms with Crippen molar-refractivity contribution >= 4 is 12.1 Å². The van der Waals surface area contributed by atoms with E-state index in [2.05, 4.69) is 16.6 Å². The van der Waals surface area contributed by atoms with Crippen LogP contribution in [-0.4, -0.2) is 36.4 Å². The van der Waals surface area contributed by atoms with Crippen LogP contribution in [0, 0.1) is 0 Å². The number of carboxylic acids is 1. The molecule has 0 aliphatic rings. The second kappa shape index (κ2) is 8.58. The molecule has 0 spiro atoms. The van der Waals surface area contributed by atoms with Crippen LogP contribution < -0.4 is 10.1 Å². The van der Waals surface area contributed by atoms with Crippen molar-refractivity contribution in [3.8, 4) is 5.75 Å². The highest BCUT2D eigenvalue weighted by molar-refractivity contribution is 5.79. The summed E-state index contributed by atoms with van der Waals surface area (Å²) in [6.07, 6.45) is 0.735. The van der Waals surface area contributed by atoms with Crippen LogP contribution in [0.5, 0.6) is 5.75 Å². The van der Waals surface area contributed by atoms with Gasteiger partial charge in [-0.1, -0.05) is 30.9 Å². The molecule has 0 bridgehead atoms. The number of nitrogens with one attached hydrogen (secondary N) is 1. The highest BCUT2D eigenvalue weighted by Crippen LogP contribution is 2.09. The maximum Gasteiger partial charge on any atom is 0.408 e. The monoisotopic (exact) mass is 279 g/mol. The lowest BCUT2D eigenvalue weighted by Gasteiger charge is -2.14. The van der Waals surface area contributed by atoms with Gasteiger partial charge in [-0.25, -0.2) is 9.59 Å². The summed E-state index contributed by atoms with van der Waals surface area (Å²) < 4.78 is 10.0. The van der Waals surface area contributed by atoms with E-state index in [9.17, 15) is 9.59 Å². The normalized spacial score (nSPS) is 11.2. The number of para-hydroxylation sites is 1. The van der Waals surface area contributed by atoms with Crippen molar-refractivity contribution in [2.24, 2.45) is 0 Å². The van der Waals surface area contributed by atoms with E-state index < -0.39 is 18.1 Å². The molecule has 0 saturated carbocycles. The van der Waals surface area contributed by atoms with Crippen LogP contribution in [0.2, 0.25) is 0 Å². The second-order valence-corrected chi connectivity index (χ2v) is 3.87. The molecule has 1 aromatic rings. The predicted molar refractivity (Wildman–Crippen MR) is 72.7 cm³/mol. The number of carboxylic acid groups (broad SMARTS) is 1. The van der Waals surface area contributed by atoms with Gasteiger partial charge in [-0.3, -0.25) is 0 Å². The van der Waals surface area contributed by atoms with E-state index >= 15 is 0 Å². The third kappa shape index (κ3) is 5.90. The van der Waals surface area contributed by atoms with E-state index in [4.69, 9.17) is 9.84 Å². The van der Waals surface area contributed by atoms with E-state index in [0.717, 1.165) is 0 Å². The number of hydrogen-bond donors (Lipinski definition) is 2. The molecule has 0 fully saturated rings. The summed E-state index contributed by atoms with van der Waals surface area (Å²) in [4.78, 5) is 22.3. The van der Waals surface area contributed by atoms with Crippen LogP contribution in [0.15, 0.2) is 43.0 Å². The van der Waals surface area contributed by atoms with Gasteiger partial charge in [-0.2, -0.15) is 0 Å². The lowest BCUT2D eigenvalue weighted by Crippen LogP contribution is -2.42. The number of benzene rings is 1. The number of carbonyl (C=O) groups excluding carboxylic acids is 1. The zero-order valence-electron chi connectivity index (χ0n) is 11.0. The van der Waals surface area contributed by atoms with Crippen LogP contribution in [0.25, 0.3) is 0 Å². The van der Waals surface area contributed by atoms with Gasteiger partial charge in [0.2, 0.25) is 0 Å². The zero-order chi connectivity index (χ0) is 14.8. The summed E-state index contributed by atoms with van der Waals surface area (Å²) in [5, 5.41) is 11.2. The molecule has 0 saturated heterocycles. The van der Waals surface area contributed by atoms with E-state index in [0.29, 0.717) is 5.75 Å². The van der Waals surface area contributed by atoms with Gasteiger partial charge >= 0.3 is 12.1 Å². The standard InChI is InChI=1S/C14H17NO5/c1-2-9-20-14(18)15-12(13(16)17)8-10-19-11-6-4-3-5-7-11/h2-7,12H,1,8-10H2,(H,15,18)(H,16,17)/t12-/m0/s1. The Morgan fingerprint density at radius 2 is 2.05 bits per heavy atom. The van der Waals surface area contributed by atoms with E-state index in [1.54, 1.807) is 12.1 Å². The van der Waals surface area contributed by atoms with Crippen LogP contribution in [0.1, 0.15) is 6.42 Å². The first-order valence-electron chi connectivity index (χ1n) is 6.08. The largest absolute Gasteiger partial charge is 0.494 e. The van der Waals surface area contributed by atoms with E-state index in [-0.39, 0.29) is 19.6 Å². The molecule has 108 valence electrons. The first-order chi connectivity index (χ1) is 9.63. The van der Waals surface area contributed by atoms with Crippen molar-refractivity contribution in [2.45, 2.75) is 12.5 Å². The van der Waals surface area contributed by atoms with Crippen LogP contribution in [-0.2, 0) is 9.53 Å². The van der Waals surface area contributed by atoms with Crippen LogP contribution >= 0.6 is 0 Å². The number of rotatable bonds is 8. The lowest BCUT2D eigenvalue weighted by atomic mass is 10.2. The molecule has 0 aliphatic heterocycles. The molecule has 1 atom stereocenters. The van der Waals surface area contributed by atoms with Gasteiger partial charge < -0.3 is 19.9 Å². The van der Waals surface area contributed by atoms with Crippen molar-refractivity contribution < 1.29 is 24.2 Å². The molecule has 1 rings (SSSR count). The summed E-state index contributed by atoms with van der Waals surface area (Å²) in [5.74, 6) is -0.497. The molecular weight excluding hydrogens is 262 g/mol. The topological polar surface area (TPSA) is 84.9 Å². The van der Waals surface area contributed by atoms with Crippen molar-refractivity contribution in [1.29, 1.82) is 0 Å². The van der Waals surface area contributed by atoms with Gasteiger partial charge in [0.25, 0.3) is 0 Å². The van der Waals surface area contributed by atoms with Crippen molar-refractivity contribution in [3.05, 3.63) is 43.0 Å². The van der Waals surface area contributed by atoms with E-state index in [1.165, 1.54) is 6.08 Å². The Labute approximate surface area is 117 Å². The maximum atomic E-state index is 11.3. The number of hydrogen-bond acceptors (Lipinski definition) is 4. The van der Waals surface area contributed by atoms with Gasteiger partial charge in [0.15, 0.2) is 0 Å². The molecule has 1 amide bonds. The number of aliphatic carboxylic acids is 1. The van der Waals surface area contributed by atoms with Crippen LogP contribution in [0.4, 0.5) is 4.79 Å². The molecule has 0 aromatic heterocycles. The fraction of sp³-hybridized carbons (Fsp3) is 0.286. The molecule has 20 heavy (non-hydrogen) atoms. The highest BCUT2D eigenvalue weighted by Gasteiger charge is 2.20. The van der Waals surface area contributed by atoms with Gasteiger partial charge in [0, 0.05) is 6.42 Å². The molecule has 0 aliphatic carbocycles. The quantitative estimate of drug-likeness (QED) is 0.709. The minimum atomic E-state index is -1.14. The van der Waals surface area contributed by atoms with Gasteiger partial charge in [-0.15, -0.1) is 0 Å². The highest BCUT2D eigenvalue weighted by atomic mass is 16.5. The Hall–Kier alpha value is -2.50. The summed E-state index contributed by atoms with van der Waals surface area (Å²) in [5.41, 5.74) is 0. The van der Waals surface area contributed by atoms with Crippen molar-refractivity contribution in [2.75, 3.05) is 13.2 Å². The average molecular weight is 279 g/mol. The van der Waals surface area contributed by atoms with Crippen molar-refractivity contribution in [3.63, 3.8) is 0 Å². The van der Waals surface area contributed by atoms with Gasteiger partial charge in [-0.05, 0) is 12.1 Å². The molecule has 2 N–H and O–H groups in total. The Morgan fingerprint density at radius 3 is 2.65 bits per heavy atom. The fourth-order valence-corrected chi connectivity index (χ4v) is 1.39. The number of alkyl carbamates (subject to hydrolysis) is 1. The number of amides is 1. The lowest BCUT2D eigenvalue weighted by molar-refractivity contribution is -0.139. The van der Waals surface area contributed by atoms with E-state index in [1.807, 2.05) is 18.2 Å². The van der Waals surface area contributed by atoms with Gasteiger partial charge in [0.1, 0.15) is 18.4 Å². The zero-order valence-corrected chi connectivity index (χ0v) is 11.0. The Morgan fingerprint density at radius 1 is 1.35 bits per heavy atom. The minimum absolute atomic E-state index is 0.0265. The third-order valence-corrected chi connectivity index (χ3v) is 2.34.